The van der Waals surface area contributed by atoms with E-state index in [9.17, 15) is 4.79 Å². The first-order valence-electron chi connectivity index (χ1n) is 7.15. The number of benzene rings is 1. The van der Waals surface area contributed by atoms with E-state index in [1.165, 1.54) is 5.56 Å². The summed E-state index contributed by atoms with van der Waals surface area (Å²) in [5, 5.41) is 3.59. The average Bonchev–Trinajstić information content (AvgIpc) is 2.35. The zero-order chi connectivity index (χ0) is 15.1. The normalized spacial score (nSPS) is 12.9. The Hall–Kier alpha value is -1.39. The van der Waals surface area contributed by atoms with E-state index in [1.54, 1.807) is 12.1 Å². The van der Waals surface area contributed by atoms with Crippen molar-refractivity contribution in [2.24, 2.45) is 11.7 Å². The van der Waals surface area contributed by atoms with Gasteiger partial charge < -0.3 is 16.0 Å². The van der Waals surface area contributed by atoms with Crippen molar-refractivity contribution < 1.29 is 4.79 Å². The smallest absolute Gasteiger partial charge is 0.248 e. The third-order valence-corrected chi connectivity index (χ3v) is 3.17. The van der Waals surface area contributed by atoms with Crippen LogP contribution in [0.2, 0.25) is 0 Å². The maximum Gasteiger partial charge on any atom is 0.248 e. The van der Waals surface area contributed by atoms with Crippen molar-refractivity contribution in [3.63, 3.8) is 0 Å². The lowest BCUT2D eigenvalue weighted by molar-refractivity contribution is 0.100. The number of rotatable bonds is 8. The summed E-state index contributed by atoms with van der Waals surface area (Å²) in [5.41, 5.74) is 6.96. The number of nitrogens with two attached hydrogens (primary N) is 1. The summed E-state index contributed by atoms with van der Waals surface area (Å²) >= 11 is 0. The summed E-state index contributed by atoms with van der Waals surface area (Å²) in [5.74, 6) is 0.291. The van der Waals surface area contributed by atoms with Gasteiger partial charge in [-0.05, 0) is 44.1 Å². The number of hydrogen-bond donors (Lipinski definition) is 2. The molecule has 0 aromatic heterocycles. The highest BCUT2D eigenvalue weighted by Crippen LogP contribution is 2.08. The summed E-state index contributed by atoms with van der Waals surface area (Å²) < 4.78 is 0. The lowest BCUT2D eigenvalue weighted by atomic mass is 10.0. The van der Waals surface area contributed by atoms with Gasteiger partial charge in [-0.3, -0.25) is 4.79 Å². The molecule has 1 rings (SSSR count). The molecule has 0 aliphatic rings. The first-order valence-corrected chi connectivity index (χ1v) is 7.15. The zero-order valence-corrected chi connectivity index (χ0v) is 13.0. The van der Waals surface area contributed by atoms with Gasteiger partial charge in [0.1, 0.15) is 0 Å². The number of amides is 1. The Kier molecular flexibility index (Phi) is 6.68. The van der Waals surface area contributed by atoms with E-state index >= 15 is 0 Å². The SMILES string of the molecule is CC(C)CC(CN(C)C)NCc1ccc(C(N)=O)cc1. The molecule has 4 nitrogen and oxygen atoms in total. The Bertz CT molecular complexity index is 402. The van der Waals surface area contributed by atoms with Gasteiger partial charge in [0.25, 0.3) is 0 Å². The Morgan fingerprint density at radius 3 is 2.30 bits per heavy atom. The molecule has 0 bridgehead atoms. The molecule has 3 N–H and O–H groups in total. The molecule has 0 heterocycles. The number of likely N-dealkylation sites (N-methyl/N-ethyl adjacent to an activating group) is 1. The highest BCUT2D eigenvalue weighted by molar-refractivity contribution is 5.92. The molecule has 0 spiro atoms. The second kappa shape index (κ2) is 8.02. The van der Waals surface area contributed by atoms with E-state index in [2.05, 4.69) is 38.2 Å². The Morgan fingerprint density at radius 2 is 1.85 bits per heavy atom. The first-order chi connectivity index (χ1) is 9.38. The van der Waals surface area contributed by atoms with Crippen molar-refractivity contribution in [2.75, 3.05) is 20.6 Å². The van der Waals surface area contributed by atoms with E-state index in [-0.39, 0.29) is 5.91 Å². The van der Waals surface area contributed by atoms with E-state index in [0.717, 1.165) is 19.5 Å². The number of hydrogen-bond acceptors (Lipinski definition) is 3. The van der Waals surface area contributed by atoms with E-state index < -0.39 is 0 Å². The van der Waals surface area contributed by atoms with Gasteiger partial charge in [-0.2, -0.15) is 0 Å². The predicted octanol–water partition coefficient (Wildman–Crippen LogP) is 1.85. The molecule has 4 heteroatoms. The molecule has 1 aromatic carbocycles. The van der Waals surface area contributed by atoms with Crippen LogP contribution >= 0.6 is 0 Å². The van der Waals surface area contributed by atoms with Crippen LogP contribution in [0.3, 0.4) is 0 Å². The number of carbonyl (C=O) groups is 1. The minimum atomic E-state index is -0.380. The van der Waals surface area contributed by atoms with Crippen molar-refractivity contribution in [2.45, 2.75) is 32.9 Å². The molecule has 20 heavy (non-hydrogen) atoms. The van der Waals surface area contributed by atoms with Crippen molar-refractivity contribution in [3.05, 3.63) is 35.4 Å². The molecule has 0 fully saturated rings. The van der Waals surface area contributed by atoms with Gasteiger partial charge in [0.15, 0.2) is 0 Å². The third kappa shape index (κ3) is 6.17. The van der Waals surface area contributed by atoms with Crippen LogP contribution in [0.4, 0.5) is 0 Å². The zero-order valence-electron chi connectivity index (χ0n) is 13.0. The summed E-state index contributed by atoms with van der Waals surface area (Å²) in [6.45, 7) is 6.32. The molecular weight excluding hydrogens is 250 g/mol. The van der Waals surface area contributed by atoms with Crippen LogP contribution in [0.25, 0.3) is 0 Å². The Labute approximate surface area is 122 Å². The largest absolute Gasteiger partial charge is 0.366 e. The molecule has 112 valence electrons. The molecular formula is C16H27N3O. The summed E-state index contributed by atoms with van der Waals surface area (Å²) in [4.78, 5) is 13.2. The molecule has 1 atom stereocenters. The van der Waals surface area contributed by atoms with Crippen LogP contribution in [0.1, 0.15) is 36.2 Å². The number of nitrogens with one attached hydrogen (secondary N) is 1. The van der Waals surface area contributed by atoms with Gasteiger partial charge in [0.05, 0.1) is 0 Å². The van der Waals surface area contributed by atoms with E-state index in [0.29, 0.717) is 17.5 Å². The third-order valence-electron chi connectivity index (χ3n) is 3.17. The molecule has 0 radical (unpaired) electrons. The first kappa shape index (κ1) is 16.7. The molecule has 0 aliphatic carbocycles. The Morgan fingerprint density at radius 1 is 1.25 bits per heavy atom. The van der Waals surface area contributed by atoms with E-state index in [1.807, 2.05) is 12.1 Å². The van der Waals surface area contributed by atoms with Crippen LogP contribution in [-0.2, 0) is 6.54 Å². The molecule has 0 saturated carbocycles. The minimum Gasteiger partial charge on any atom is -0.366 e. The van der Waals surface area contributed by atoms with E-state index in [4.69, 9.17) is 5.73 Å². The van der Waals surface area contributed by atoms with Gasteiger partial charge in [0, 0.05) is 24.7 Å². The quantitative estimate of drug-likeness (QED) is 0.762. The fraction of sp³-hybridized carbons (Fsp3) is 0.562. The Balaban J connectivity index is 2.55. The summed E-state index contributed by atoms with van der Waals surface area (Å²) in [7, 11) is 4.19. The molecule has 0 aliphatic heterocycles. The average molecular weight is 277 g/mol. The fourth-order valence-corrected chi connectivity index (χ4v) is 2.28. The topological polar surface area (TPSA) is 58.4 Å². The number of nitrogens with zero attached hydrogens (tertiary/aromatic N) is 1. The van der Waals surface area contributed by atoms with Crippen LogP contribution in [-0.4, -0.2) is 37.5 Å². The fourth-order valence-electron chi connectivity index (χ4n) is 2.28. The lowest BCUT2D eigenvalue weighted by Crippen LogP contribution is -2.38. The van der Waals surface area contributed by atoms with Gasteiger partial charge in [-0.15, -0.1) is 0 Å². The summed E-state index contributed by atoms with van der Waals surface area (Å²) in [6, 6.07) is 7.94. The molecule has 0 saturated heterocycles. The van der Waals surface area contributed by atoms with Crippen LogP contribution in [0.15, 0.2) is 24.3 Å². The van der Waals surface area contributed by atoms with Crippen molar-refractivity contribution in [3.8, 4) is 0 Å². The predicted molar refractivity (Wildman–Crippen MR) is 83.6 cm³/mol. The summed E-state index contributed by atoms with van der Waals surface area (Å²) in [6.07, 6.45) is 1.15. The van der Waals surface area contributed by atoms with Crippen molar-refractivity contribution >= 4 is 5.91 Å². The van der Waals surface area contributed by atoms with Crippen LogP contribution in [0.5, 0.6) is 0 Å². The lowest BCUT2D eigenvalue weighted by Gasteiger charge is -2.24. The molecule has 1 unspecified atom stereocenters. The second-order valence-electron chi connectivity index (χ2n) is 6.03. The number of primary amides is 1. The van der Waals surface area contributed by atoms with Gasteiger partial charge in [-0.1, -0.05) is 26.0 Å². The van der Waals surface area contributed by atoms with Gasteiger partial charge in [0.2, 0.25) is 5.91 Å². The standard InChI is InChI=1S/C16H27N3O/c1-12(2)9-15(11-19(3)4)18-10-13-5-7-14(8-6-13)16(17)20/h5-8,12,15,18H,9-11H2,1-4H3,(H2,17,20). The van der Waals surface area contributed by atoms with Gasteiger partial charge >= 0.3 is 0 Å². The number of carbonyl (C=O) groups excluding carboxylic acids is 1. The van der Waals surface area contributed by atoms with Crippen molar-refractivity contribution in [1.29, 1.82) is 0 Å². The maximum atomic E-state index is 11.0. The van der Waals surface area contributed by atoms with Crippen molar-refractivity contribution in [1.82, 2.24) is 10.2 Å². The highest BCUT2D eigenvalue weighted by atomic mass is 16.1. The molecule has 1 aromatic rings. The second-order valence-corrected chi connectivity index (χ2v) is 6.03. The van der Waals surface area contributed by atoms with Crippen LogP contribution < -0.4 is 11.1 Å². The monoisotopic (exact) mass is 277 g/mol. The molecule has 1 amide bonds. The van der Waals surface area contributed by atoms with Crippen LogP contribution in [0, 0.1) is 5.92 Å². The minimum absolute atomic E-state index is 0.380. The van der Waals surface area contributed by atoms with Gasteiger partial charge in [-0.25, -0.2) is 0 Å². The highest BCUT2D eigenvalue weighted by Gasteiger charge is 2.11. The maximum absolute atomic E-state index is 11.0.